The molecule has 1 aliphatic carbocycles. The van der Waals surface area contributed by atoms with E-state index in [2.05, 4.69) is 24.0 Å². The fourth-order valence-corrected chi connectivity index (χ4v) is 2.76. The molecule has 0 spiro atoms. The van der Waals surface area contributed by atoms with Crippen LogP contribution in [-0.2, 0) is 12.8 Å². The first-order chi connectivity index (χ1) is 9.24. The topological polar surface area (TPSA) is 33.1 Å². The molecule has 0 radical (unpaired) electrons. The fraction of sp³-hybridized carbons (Fsp3) is 0.235. The van der Waals surface area contributed by atoms with Crippen LogP contribution in [0.3, 0.4) is 0 Å². The highest BCUT2D eigenvalue weighted by atomic mass is 16.3. The molecule has 0 saturated carbocycles. The molecular weight excluding hydrogens is 234 g/mol. The average Bonchev–Trinajstić information content (AvgIpc) is 2.44. The Morgan fingerprint density at radius 2 is 1.89 bits per heavy atom. The molecule has 2 aromatic rings. The summed E-state index contributed by atoms with van der Waals surface area (Å²) in [7, 11) is 0. The van der Waals surface area contributed by atoms with Gasteiger partial charge in [0.25, 0.3) is 0 Å². The molecule has 0 atom stereocenters. The van der Waals surface area contributed by atoms with Crippen molar-refractivity contribution in [2.24, 2.45) is 0 Å². The van der Waals surface area contributed by atoms with Crippen molar-refractivity contribution in [3.05, 3.63) is 65.0 Å². The van der Waals surface area contributed by atoms with Crippen molar-refractivity contribution in [1.29, 1.82) is 0 Å². The molecule has 1 aliphatic rings. The van der Waals surface area contributed by atoms with Crippen LogP contribution >= 0.6 is 0 Å². The van der Waals surface area contributed by atoms with Gasteiger partial charge in [-0.1, -0.05) is 11.6 Å². The van der Waals surface area contributed by atoms with Gasteiger partial charge >= 0.3 is 0 Å². The minimum Gasteiger partial charge on any atom is -0.508 e. The number of fused-ring (bicyclic) bond motifs is 1. The second kappa shape index (κ2) is 4.88. The molecule has 0 amide bonds. The van der Waals surface area contributed by atoms with Gasteiger partial charge in [-0.3, -0.25) is 4.98 Å². The van der Waals surface area contributed by atoms with Crippen molar-refractivity contribution in [2.45, 2.75) is 26.2 Å². The van der Waals surface area contributed by atoms with Crippen molar-refractivity contribution in [2.75, 3.05) is 0 Å². The minimum atomic E-state index is 0.350. The standard InChI is InChI=1S/C17H17NO/c1-12-15(10-13-6-8-18-9-7-13)3-2-14-4-5-16(19)11-17(12)14/h4-9,11,19H,2-3,10H2,1H3. The SMILES string of the molecule is CC1=C(Cc2ccncc2)CCc2ccc(O)cc21. The largest absolute Gasteiger partial charge is 0.508 e. The van der Waals surface area contributed by atoms with Gasteiger partial charge < -0.3 is 5.11 Å². The maximum atomic E-state index is 9.65. The van der Waals surface area contributed by atoms with Gasteiger partial charge in [0.05, 0.1) is 0 Å². The second-order valence-electron chi connectivity index (χ2n) is 5.10. The Labute approximate surface area is 113 Å². The number of allylic oxidation sites excluding steroid dienone is 2. The molecule has 3 rings (SSSR count). The Balaban J connectivity index is 1.96. The molecule has 0 aliphatic heterocycles. The summed E-state index contributed by atoms with van der Waals surface area (Å²) in [5, 5.41) is 9.65. The second-order valence-corrected chi connectivity index (χ2v) is 5.10. The third-order valence-corrected chi connectivity index (χ3v) is 3.89. The van der Waals surface area contributed by atoms with Gasteiger partial charge in [0.15, 0.2) is 0 Å². The monoisotopic (exact) mass is 251 g/mol. The van der Waals surface area contributed by atoms with Crippen molar-refractivity contribution < 1.29 is 5.11 Å². The normalized spacial score (nSPS) is 14.4. The average molecular weight is 251 g/mol. The van der Waals surface area contributed by atoms with E-state index in [0.717, 1.165) is 19.3 Å². The third kappa shape index (κ3) is 2.39. The molecule has 1 aromatic carbocycles. The zero-order valence-electron chi connectivity index (χ0n) is 11.1. The van der Waals surface area contributed by atoms with Gasteiger partial charge in [0.2, 0.25) is 0 Å². The van der Waals surface area contributed by atoms with Crippen molar-refractivity contribution in [3.8, 4) is 5.75 Å². The number of nitrogens with zero attached hydrogens (tertiary/aromatic N) is 1. The first-order valence-electron chi connectivity index (χ1n) is 6.64. The first kappa shape index (κ1) is 12.0. The Hall–Kier alpha value is -2.09. The van der Waals surface area contributed by atoms with Crippen LogP contribution in [0.5, 0.6) is 5.75 Å². The summed E-state index contributed by atoms with van der Waals surface area (Å²) in [5.41, 5.74) is 6.62. The summed E-state index contributed by atoms with van der Waals surface area (Å²) in [4.78, 5) is 4.06. The van der Waals surface area contributed by atoms with Crippen molar-refractivity contribution in [1.82, 2.24) is 4.98 Å². The Kier molecular flexibility index (Phi) is 3.08. The van der Waals surface area contributed by atoms with Crippen LogP contribution < -0.4 is 0 Å². The van der Waals surface area contributed by atoms with E-state index in [1.807, 2.05) is 24.5 Å². The van der Waals surface area contributed by atoms with E-state index in [0.29, 0.717) is 5.75 Å². The fourth-order valence-electron chi connectivity index (χ4n) is 2.76. The lowest BCUT2D eigenvalue weighted by Crippen LogP contribution is -2.05. The van der Waals surface area contributed by atoms with Gasteiger partial charge in [0, 0.05) is 12.4 Å². The van der Waals surface area contributed by atoms with E-state index < -0.39 is 0 Å². The predicted molar refractivity (Wildman–Crippen MR) is 77.0 cm³/mol. The number of benzene rings is 1. The Bertz CT molecular complexity index is 629. The number of aryl methyl sites for hydroxylation is 1. The molecule has 0 unspecified atom stereocenters. The smallest absolute Gasteiger partial charge is 0.116 e. The first-order valence-corrected chi connectivity index (χ1v) is 6.64. The number of phenols is 1. The summed E-state index contributed by atoms with van der Waals surface area (Å²) in [5.74, 6) is 0.350. The number of pyridine rings is 1. The minimum absolute atomic E-state index is 0.350. The molecule has 1 heterocycles. The number of hydrogen-bond acceptors (Lipinski definition) is 2. The highest BCUT2D eigenvalue weighted by Crippen LogP contribution is 2.34. The predicted octanol–water partition coefficient (Wildman–Crippen LogP) is 3.75. The molecule has 2 nitrogen and oxygen atoms in total. The molecule has 1 N–H and O–H groups in total. The molecule has 1 aromatic heterocycles. The van der Waals surface area contributed by atoms with Crippen LogP contribution in [0.15, 0.2) is 48.3 Å². The van der Waals surface area contributed by atoms with Crippen LogP contribution in [-0.4, -0.2) is 10.1 Å². The highest BCUT2D eigenvalue weighted by molar-refractivity contribution is 5.73. The number of rotatable bonds is 2. The molecule has 19 heavy (non-hydrogen) atoms. The molecule has 0 bridgehead atoms. The molecule has 2 heteroatoms. The van der Waals surface area contributed by atoms with Crippen LogP contribution in [0, 0.1) is 0 Å². The van der Waals surface area contributed by atoms with Crippen LogP contribution in [0.2, 0.25) is 0 Å². The number of hydrogen-bond donors (Lipinski definition) is 1. The van der Waals surface area contributed by atoms with E-state index in [-0.39, 0.29) is 0 Å². The highest BCUT2D eigenvalue weighted by Gasteiger charge is 2.16. The summed E-state index contributed by atoms with van der Waals surface area (Å²) in [6, 6.07) is 9.84. The Morgan fingerprint density at radius 1 is 1.11 bits per heavy atom. The lowest BCUT2D eigenvalue weighted by molar-refractivity contribution is 0.474. The van der Waals surface area contributed by atoms with Crippen LogP contribution in [0.1, 0.15) is 30.0 Å². The van der Waals surface area contributed by atoms with Crippen LogP contribution in [0.25, 0.3) is 5.57 Å². The lowest BCUT2D eigenvalue weighted by Gasteiger charge is -2.21. The van der Waals surface area contributed by atoms with Gasteiger partial charge in [-0.15, -0.1) is 0 Å². The summed E-state index contributed by atoms with van der Waals surface area (Å²) in [6.07, 6.45) is 6.82. The summed E-state index contributed by atoms with van der Waals surface area (Å²) in [6.45, 7) is 2.16. The number of phenolic OH excluding ortho intramolecular Hbond substituents is 1. The number of aromatic hydroxyl groups is 1. The van der Waals surface area contributed by atoms with Gasteiger partial charge in [0.1, 0.15) is 5.75 Å². The van der Waals surface area contributed by atoms with Crippen molar-refractivity contribution >= 4 is 5.57 Å². The third-order valence-electron chi connectivity index (χ3n) is 3.89. The van der Waals surface area contributed by atoms with Crippen LogP contribution in [0.4, 0.5) is 0 Å². The summed E-state index contributed by atoms with van der Waals surface area (Å²) >= 11 is 0. The summed E-state index contributed by atoms with van der Waals surface area (Å²) < 4.78 is 0. The lowest BCUT2D eigenvalue weighted by atomic mass is 9.84. The van der Waals surface area contributed by atoms with E-state index in [4.69, 9.17) is 0 Å². The zero-order chi connectivity index (χ0) is 13.2. The van der Waals surface area contributed by atoms with E-state index in [1.54, 1.807) is 6.07 Å². The molecule has 0 fully saturated rings. The molecular formula is C17H17NO. The van der Waals surface area contributed by atoms with Gasteiger partial charge in [-0.25, -0.2) is 0 Å². The van der Waals surface area contributed by atoms with E-state index in [9.17, 15) is 5.11 Å². The van der Waals surface area contributed by atoms with Gasteiger partial charge in [-0.05, 0) is 72.7 Å². The maximum Gasteiger partial charge on any atom is 0.116 e. The number of aromatic nitrogens is 1. The Morgan fingerprint density at radius 3 is 2.68 bits per heavy atom. The van der Waals surface area contributed by atoms with Gasteiger partial charge in [-0.2, -0.15) is 0 Å². The quantitative estimate of drug-likeness (QED) is 0.881. The van der Waals surface area contributed by atoms with E-state index >= 15 is 0 Å². The van der Waals surface area contributed by atoms with E-state index in [1.165, 1.54) is 27.8 Å². The maximum absolute atomic E-state index is 9.65. The van der Waals surface area contributed by atoms with Crippen molar-refractivity contribution in [3.63, 3.8) is 0 Å². The molecule has 96 valence electrons. The molecule has 0 saturated heterocycles. The zero-order valence-corrected chi connectivity index (χ0v) is 11.1.